The molecule has 0 aromatic heterocycles. The van der Waals surface area contributed by atoms with Crippen molar-refractivity contribution in [2.45, 2.75) is 51.7 Å². The molecule has 7 heteroatoms. The Balaban J connectivity index is 1.74. The largest absolute Gasteiger partial charge is 0.481 e. The lowest BCUT2D eigenvalue weighted by Gasteiger charge is -2.46. The molecule has 0 aromatic carbocycles. The van der Waals surface area contributed by atoms with Crippen molar-refractivity contribution in [3.8, 4) is 0 Å². The van der Waals surface area contributed by atoms with Gasteiger partial charge in [0, 0.05) is 12.0 Å². The molecule has 134 valence electrons. The summed E-state index contributed by atoms with van der Waals surface area (Å²) in [5, 5.41) is 12.6. The Morgan fingerprint density at radius 2 is 2.08 bits per heavy atom. The number of ether oxygens (including phenoxy) is 2. The zero-order chi connectivity index (χ0) is 17.4. The number of esters is 1. The number of amides is 1. The van der Waals surface area contributed by atoms with E-state index < -0.39 is 18.0 Å². The number of carboxylic acids is 1. The van der Waals surface area contributed by atoms with Gasteiger partial charge in [0.15, 0.2) is 0 Å². The molecule has 24 heavy (non-hydrogen) atoms. The van der Waals surface area contributed by atoms with E-state index in [0.29, 0.717) is 19.4 Å². The van der Waals surface area contributed by atoms with Crippen molar-refractivity contribution >= 4 is 18.0 Å². The van der Waals surface area contributed by atoms with Crippen molar-refractivity contribution in [1.82, 2.24) is 5.32 Å². The van der Waals surface area contributed by atoms with Crippen LogP contribution in [0, 0.1) is 29.6 Å². The molecule has 1 unspecified atom stereocenters. The van der Waals surface area contributed by atoms with Crippen LogP contribution in [0.1, 0.15) is 39.5 Å². The number of hydrogen-bond acceptors (Lipinski definition) is 5. The van der Waals surface area contributed by atoms with Crippen molar-refractivity contribution in [2.24, 2.45) is 29.6 Å². The van der Waals surface area contributed by atoms with Crippen molar-refractivity contribution in [3.05, 3.63) is 0 Å². The van der Waals surface area contributed by atoms with E-state index in [4.69, 9.17) is 9.47 Å². The summed E-state index contributed by atoms with van der Waals surface area (Å²) in [4.78, 5) is 35.6. The third-order valence-corrected chi connectivity index (χ3v) is 5.97. The summed E-state index contributed by atoms with van der Waals surface area (Å²) in [5.41, 5.74) is 0. The second kappa shape index (κ2) is 6.61. The molecule has 1 heterocycles. The molecule has 3 fully saturated rings. The number of cyclic esters (lactones) is 1. The van der Waals surface area contributed by atoms with Crippen molar-refractivity contribution < 1.29 is 29.0 Å². The Morgan fingerprint density at radius 1 is 1.33 bits per heavy atom. The first-order valence-corrected chi connectivity index (χ1v) is 8.79. The smallest absolute Gasteiger partial charge is 0.407 e. The van der Waals surface area contributed by atoms with Crippen molar-refractivity contribution in [2.75, 3.05) is 6.61 Å². The number of carboxylic acid groups (broad SMARTS) is 1. The molecule has 2 N–H and O–H groups in total. The van der Waals surface area contributed by atoms with E-state index in [0.717, 1.165) is 12.8 Å². The summed E-state index contributed by atoms with van der Waals surface area (Å²) in [7, 11) is 0. The minimum absolute atomic E-state index is 0.0221. The molecular weight excluding hydrogens is 314 g/mol. The molecule has 3 rings (SSSR count). The predicted molar refractivity (Wildman–Crippen MR) is 83.1 cm³/mol. The lowest BCUT2D eigenvalue weighted by molar-refractivity contribution is -0.153. The maximum Gasteiger partial charge on any atom is 0.407 e. The van der Waals surface area contributed by atoms with Gasteiger partial charge in [-0.3, -0.25) is 9.59 Å². The van der Waals surface area contributed by atoms with Crippen LogP contribution in [0.25, 0.3) is 0 Å². The number of hydrogen-bond donors (Lipinski definition) is 2. The standard InChI is InChI=1S/C17H25NO6/c1-3-23-17(22)18-10-4-5-11-9(6-10)7-12-13(14(11)15(19)20)8(2)24-16(12)21/h8-14H,3-7H2,1-2H3,(H,18,22)(H,19,20)/t8-,9?,10-,11-,12-,13-,14+/m1/s1. The highest BCUT2D eigenvalue weighted by Crippen LogP contribution is 2.53. The molecule has 7 atom stereocenters. The van der Waals surface area contributed by atoms with Gasteiger partial charge in [-0.1, -0.05) is 0 Å². The van der Waals surface area contributed by atoms with Gasteiger partial charge in [0.25, 0.3) is 0 Å². The minimum atomic E-state index is -0.832. The summed E-state index contributed by atoms with van der Waals surface area (Å²) in [6.45, 7) is 3.87. The van der Waals surface area contributed by atoms with Crippen LogP contribution in [-0.4, -0.2) is 41.9 Å². The first-order valence-electron chi connectivity index (χ1n) is 8.79. The molecule has 3 aliphatic rings. The number of nitrogens with one attached hydrogen (secondary N) is 1. The van der Waals surface area contributed by atoms with Gasteiger partial charge < -0.3 is 19.9 Å². The van der Waals surface area contributed by atoms with Crippen LogP contribution in [0.3, 0.4) is 0 Å². The van der Waals surface area contributed by atoms with E-state index in [1.165, 1.54) is 0 Å². The van der Waals surface area contributed by atoms with Gasteiger partial charge in [-0.05, 0) is 51.4 Å². The molecule has 0 aromatic rings. The number of alkyl carbamates (subject to hydrolysis) is 1. The van der Waals surface area contributed by atoms with E-state index in [2.05, 4.69) is 5.32 Å². The van der Waals surface area contributed by atoms with Gasteiger partial charge >= 0.3 is 18.0 Å². The van der Waals surface area contributed by atoms with Crippen LogP contribution in [0.2, 0.25) is 0 Å². The van der Waals surface area contributed by atoms with Gasteiger partial charge in [0.1, 0.15) is 6.10 Å². The van der Waals surface area contributed by atoms with Gasteiger partial charge in [-0.15, -0.1) is 0 Å². The normalized spacial score (nSPS) is 40.9. The fourth-order valence-electron chi connectivity index (χ4n) is 5.09. The number of fused-ring (bicyclic) bond motifs is 2. The van der Waals surface area contributed by atoms with E-state index >= 15 is 0 Å². The average molecular weight is 339 g/mol. The van der Waals surface area contributed by atoms with Crippen LogP contribution in [0.4, 0.5) is 4.79 Å². The van der Waals surface area contributed by atoms with Gasteiger partial charge in [-0.2, -0.15) is 0 Å². The zero-order valence-corrected chi connectivity index (χ0v) is 14.1. The summed E-state index contributed by atoms with van der Waals surface area (Å²) in [6, 6.07) is -0.0221. The quantitative estimate of drug-likeness (QED) is 0.760. The Morgan fingerprint density at radius 3 is 2.75 bits per heavy atom. The van der Waals surface area contributed by atoms with Gasteiger partial charge in [0.05, 0.1) is 18.4 Å². The highest BCUT2D eigenvalue weighted by Gasteiger charge is 2.57. The molecule has 2 saturated carbocycles. The molecule has 1 amide bonds. The first kappa shape index (κ1) is 17.0. The van der Waals surface area contributed by atoms with Gasteiger partial charge in [-0.25, -0.2) is 4.79 Å². The Bertz CT molecular complexity index is 535. The lowest BCUT2D eigenvalue weighted by Crippen LogP contribution is -2.51. The average Bonchev–Trinajstić information content (AvgIpc) is 2.79. The monoisotopic (exact) mass is 339 g/mol. The third-order valence-electron chi connectivity index (χ3n) is 5.97. The maximum atomic E-state index is 12.1. The van der Waals surface area contributed by atoms with E-state index in [1.807, 2.05) is 0 Å². The van der Waals surface area contributed by atoms with Gasteiger partial charge in [0.2, 0.25) is 0 Å². The summed E-state index contributed by atoms with van der Waals surface area (Å²) < 4.78 is 10.2. The second-order valence-corrected chi connectivity index (χ2v) is 7.22. The topological polar surface area (TPSA) is 102 Å². The molecule has 1 aliphatic heterocycles. The number of carbonyl (C=O) groups is 3. The minimum Gasteiger partial charge on any atom is -0.481 e. The zero-order valence-electron chi connectivity index (χ0n) is 14.1. The number of rotatable bonds is 3. The lowest BCUT2D eigenvalue weighted by atomic mass is 9.57. The first-order chi connectivity index (χ1) is 11.4. The fraction of sp³-hybridized carbons (Fsp3) is 0.824. The second-order valence-electron chi connectivity index (χ2n) is 7.22. The van der Waals surface area contributed by atoms with E-state index in [9.17, 15) is 19.5 Å². The molecule has 1 saturated heterocycles. The summed E-state index contributed by atoms with van der Waals surface area (Å²) in [6.07, 6.45) is 2.06. The molecule has 0 spiro atoms. The molecule has 7 nitrogen and oxygen atoms in total. The highest BCUT2D eigenvalue weighted by atomic mass is 16.6. The fourth-order valence-corrected chi connectivity index (χ4v) is 5.09. The van der Waals surface area contributed by atoms with Crippen molar-refractivity contribution in [3.63, 3.8) is 0 Å². The number of aliphatic carboxylic acids is 1. The van der Waals surface area contributed by atoms with Crippen LogP contribution < -0.4 is 5.32 Å². The highest BCUT2D eigenvalue weighted by molar-refractivity contribution is 5.79. The molecule has 2 aliphatic carbocycles. The van der Waals surface area contributed by atoms with Crippen LogP contribution >= 0.6 is 0 Å². The molecular formula is C17H25NO6. The maximum absolute atomic E-state index is 12.1. The van der Waals surface area contributed by atoms with E-state index in [-0.39, 0.29) is 41.8 Å². The summed E-state index contributed by atoms with van der Waals surface area (Å²) >= 11 is 0. The van der Waals surface area contributed by atoms with Crippen LogP contribution in [0.5, 0.6) is 0 Å². The Hall–Kier alpha value is -1.79. The Kier molecular flexibility index (Phi) is 4.69. The van der Waals surface area contributed by atoms with E-state index in [1.54, 1.807) is 13.8 Å². The van der Waals surface area contributed by atoms with Crippen LogP contribution in [0.15, 0.2) is 0 Å². The Labute approximate surface area is 141 Å². The molecule has 0 radical (unpaired) electrons. The summed E-state index contributed by atoms with van der Waals surface area (Å²) in [5.74, 6) is -2.04. The van der Waals surface area contributed by atoms with Crippen molar-refractivity contribution in [1.29, 1.82) is 0 Å². The predicted octanol–water partition coefficient (Wildman–Crippen LogP) is 1.80. The number of carbonyl (C=O) groups excluding carboxylic acids is 2. The molecule has 0 bridgehead atoms. The third kappa shape index (κ3) is 2.96. The van der Waals surface area contributed by atoms with Crippen LogP contribution in [-0.2, 0) is 19.1 Å². The SMILES string of the molecule is CCOC(=O)N[C@@H]1CC[C@@H]2C(C1)C[C@H]1C(=O)O[C@H](C)[C@H]1[C@H]2C(=O)O.